The zero-order valence-electron chi connectivity index (χ0n) is 18.3. The Morgan fingerprint density at radius 3 is 2.74 bits per heavy atom. The minimum Gasteiger partial charge on any atom is -0.338 e. The Hall–Kier alpha value is -2.86. The van der Waals surface area contributed by atoms with E-state index in [0.29, 0.717) is 24.4 Å². The number of urea groups is 1. The first kappa shape index (κ1) is 20.1. The van der Waals surface area contributed by atoms with Crippen LogP contribution in [-0.2, 0) is 7.05 Å². The minimum absolute atomic E-state index is 0.0617. The molecule has 2 N–H and O–H groups in total. The van der Waals surface area contributed by atoms with Crippen molar-refractivity contribution in [3.8, 4) is 11.3 Å². The third-order valence-corrected chi connectivity index (χ3v) is 7.06. The van der Waals surface area contributed by atoms with E-state index in [2.05, 4.69) is 75.8 Å². The van der Waals surface area contributed by atoms with E-state index in [1.165, 1.54) is 28.5 Å². The van der Waals surface area contributed by atoms with Crippen LogP contribution < -0.4 is 10.6 Å². The molecule has 4 atom stereocenters. The number of piperidine rings is 3. The summed E-state index contributed by atoms with van der Waals surface area (Å²) >= 11 is 0. The summed E-state index contributed by atoms with van der Waals surface area (Å²) in [5.74, 6) is 1.15. The topological polar surface area (TPSA) is 62.2 Å². The van der Waals surface area contributed by atoms with E-state index in [0.717, 1.165) is 31.7 Å². The van der Waals surface area contributed by atoms with Crippen molar-refractivity contribution in [2.24, 2.45) is 13.0 Å². The summed E-state index contributed by atoms with van der Waals surface area (Å²) in [6.45, 7) is 5.49. The van der Waals surface area contributed by atoms with Crippen LogP contribution >= 0.6 is 0 Å². The molecule has 0 spiro atoms. The monoisotopic (exact) mass is 417 g/mol. The van der Waals surface area contributed by atoms with Gasteiger partial charge in [0.1, 0.15) is 0 Å². The second kappa shape index (κ2) is 8.35. The molecule has 0 aliphatic carbocycles. The van der Waals surface area contributed by atoms with Gasteiger partial charge in [0.25, 0.3) is 0 Å². The first-order valence-electron chi connectivity index (χ1n) is 11.4. The van der Waals surface area contributed by atoms with Crippen LogP contribution in [0.4, 0.5) is 4.79 Å². The van der Waals surface area contributed by atoms with Gasteiger partial charge >= 0.3 is 6.03 Å². The fraction of sp³-hybridized carbons (Fsp3) is 0.440. The van der Waals surface area contributed by atoms with E-state index < -0.39 is 0 Å². The van der Waals surface area contributed by atoms with Crippen molar-refractivity contribution in [2.75, 3.05) is 26.2 Å². The first-order valence-corrected chi connectivity index (χ1v) is 11.4. The SMILES string of the molecule is CCNC(=O)NC[C@H]1C[C@@H]2CCN1C[C@@H]2c1cc(-c2ccc3ccccc3c2)nn1C. The third-order valence-electron chi connectivity index (χ3n) is 7.06. The lowest BCUT2D eigenvalue weighted by molar-refractivity contribution is 0.0294. The Kier molecular flexibility index (Phi) is 5.40. The summed E-state index contributed by atoms with van der Waals surface area (Å²) in [7, 11) is 2.08. The van der Waals surface area contributed by atoms with Gasteiger partial charge in [-0.2, -0.15) is 5.10 Å². The zero-order chi connectivity index (χ0) is 21.4. The summed E-state index contributed by atoms with van der Waals surface area (Å²) in [5.41, 5.74) is 3.55. The average molecular weight is 418 g/mol. The Labute approximate surface area is 183 Å². The lowest BCUT2D eigenvalue weighted by Gasteiger charge is -2.49. The molecule has 0 radical (unpaired) electrons. The Balaban J connectivity index is 1.32. The molecule has 2 amide bonds. The van der Waals surface area contributed by atoms with E-state index in [9.17, 15) is 4.79 Å². The van der Waals surface area contributed by atoms with Gasteiger partial charge in [-0.1, -0.05) is 36.4 Å². The summed E-state index contributed by atoms with van der Waals surface area (Å²) < 4.78 is 2.08. The minimum atomic E-state index is -0.0617. The summed E-state index contributed by atoms with van der Waals surface area (Å²) in [6, 6.07) is 17.7. The Morgan fingerprint density at radius 2 is 1.97 bits per heavy atom. The van der Waals surface area contributed by atoms with Gasteiger partial charge in [-0.3, -0.25) is 9.58 Å². The molecule has 3 aliphatic rings. The molecule has 6 heteroatoms. The number of rotatable bonds is 5. The van der Waals surface area contributed by atoms with E-state index in [-0.39, 0.29) is 6.03 Å². The number of amides is 2. The predicted molar refractivity (Wildman–Crippen MR) is 124 cm³/mol. The number of nitrogens with zero attached hydrogens (tertiary/aromatic N) is 3. The molecular weight excluding hydrogens is 386 g/mol. The first-order chi connectivity index (χ1) is 15.1. The highest BCUT2D eigenvalue weighted by atomic mass is 16.2. The maximum Gasteiger partial charge on any atom is 0.314 e. The van der Waals surface area contributed by atoms with E-state index in [1.807, 2.05) is 6.92 Å². The van der Waals surface area contributed by atoms with Crippen molar-refractivity contribution in [1.29, 1.82) is 0 Å². The van der Waals surface area contributed by atoms with Gasteiger partial charge in [0.05, 0.1) is 5.69 Å². The van der Waals surface area contributed by atoms with Crippen LogP contribution in [0.15, 0.2) is 48.5 Å². The second-order valence-electron chi connectivity index (χ2n) is 8.92. The van der Waals surface area contributed by atoms with Gasteiger partial charge in [0.15, 0.2) is 0 Å². The van der Waals surface area contributed by atoms with Crippen LogP contribution in [0.3, 0.4) is 0 Å². The van der Waals surface area contributed by atoms with Crippen molar-refractivity contribution in [1.82, 2.24) is 25.3 Å². The fourth-order valence-corrected chi connectivity index (χ4v) is 5.44. The van der Waals surface area contributed by atoms with Crippen molar-refractivity contribution < 1.29 is 4.79 Å². The van der Waals surface area contributed by atoms with Gasteiger partial charge in [-0.15, -0.1) is 0 Å². The lowest BCUT2D eigenvalue weighted by atomic mass is 9.74. The molecule has 6 nitrogen and oxygen atoms in total. The molecule has 2 bridgehead atoms. The highest BCUT2D eigenvalue weighted by Crippen LogP contribution is 2.42. The van der Waals surface area contributed by atoms with Gasteiger partial charge < -0.3 is 10.6 Å². The molecule has 162 valence electrons. The van der Waals surface area contributed by atoms with Crippen LogP contribution in [0.25, 0.3) is 22.0 Å². The zero-order valence-corrected chi connectivity index (χ0v) is 18.3. The largest absolute Gasteiger partial charge is 0.338 e. The van der Waals surface area contributed by atoms with Crippen LogP contribution in [0.1, 0.15) is 31.4 Å². The quantitative estimate of drug-likeness (QED) is 0.665. The lowest BCUT2D eigenvalue weighted by Crippen LogP contribution is -2.56. The van der Waals surface area contributed by atoms with Gasteiger partial charge in [-0.25, -0.2) is 4.79 Å². The molecule has 1 unspecified atom stereocenters. The number of fused-ring (bicyclic) bond motifs is 4. The highest BCUT2D eigenvalue weighted by molar-refractivity contribution is 5.86. The number of carbonyl (C=O) groups excluding carboxylic acids is 1. The standard InChI is InChI=1S/C25H31N5O/c1-3-26-25(31)27-15-21-13-19-10-11-30(21)16-22(19)24-14-23(28-29(24)2)20-9-8-17-6-4-5-7-18(17)12-20/h4-9,12,14,19,21-22H,3,10-11,13,15-16H2,1-2H3,(H2,26,27,31)/t19-,21+,22-/m0/s1. The number of hydrogen-bond acceptors (Lipinski definition) is 3. The maximum absolute atomic E-state index is 11.8. The number of aryl methyl sites for hydroxylation is 1. The highest BCUT2D eigenvalue weighted by Gasteiger charge is 2.41. The smallest absolute Gasteiger partial charge is 0.314 e. The van der Waals surface area contributed by atoms with Crippen LogP contribution in [0.5, 0.6) is 0 Å². The summed E-state index contributed by atoms with van der Waals surface area (Å²) in [4.78, 5) is 14.3. The third kappa shape index (κ3) is 3.92. The van der Waals surface area contributed by atoms with Gasteiger partial charge in [0, 0.05) is 49.9 Å². The van der Waals surface area contributed by atoms with Crippen molar-refractivity contribution in [3.05, 3.63) is 54.2 Å². The predicted octanol–water partition coefficient (Wildman–Crippen LogP) is 3.74. The van der Waals surface area contributed by atoms with E-state index in [4.69, 9.17) is 5.10 Å². The molecule has 31 heavy (non-hydrogen) atoms. The number of aromatic nitrogens is 2. The molecule has 0 saturated carbocycles. The van der Waals surface area contributed by atoms with Crippen LogP contribution in [-0.4, -0.2) is 52.9 Å². The number of nitrogens with one attached hydrogen (secondary N) is 2. The molecule has 3 aromatic rings. The molecule has 4 heterocycles. The average Bonchev–Trinajstić information content (AvgIpc) is 3.19. The molecule has 3 saturated heterocycles. The molecule has 3 fully saturated rings. The van der Waals surface area contributed by atoms with Crippen molar-refractivity contribution in [3.63, 3.8) is 0 Å². The number of carbonyl (C=O) groups is 1. The van der Waals surface area contributed by atoms with Gasteiger partial charge in [0.2, 0.25) is 0 Å². The number of benzene rings is 2. The van der Waals surface area contributed by atoms with Crippen molar-refractivity contribution >= 4 is 16.8 Å². The fourth-order valence-electron chi connectivity index (χ4n) is 5.44. The number of hydrogen-bond donors (Lipinski definition) is 2. The Bertz CT molecular complexity index is 1090. The molecule has 3 aliphatic heterocycles. The molecule has 1 aromatic heterocycles. The van der Waals surface area contributed by atoms with Crippen LogP contribution in [0, 0.1) is 5.92 Å². The van der Waals surface area contributed by atoms with Gasteiger partial charge in [-0.05, 0) is 55.1 Å². The molecular formula is C25H31N5O. The molecule has 6 rings (SSSR count). The van der Waals surface area contributed by atoms with Crippen LogP contribution in [0.2, 0.25) is 0 Å². The van der Waals surface area contributed by atoms with E-state index >= 15 is 0 Å². The molecule has 2 aromatic carbocycles. The van der Waals surface area contributed by atoms with E-state index in [1.54, 1.807) is 0 Å². The summed E-state index contributed by atoms with van der Waals surface area (Å²) in [5, 5.41) is 13.2. The Morgan fingerprint density at radius 1 is 1.13 bits per heavy atom. The normalized spacial score (nSPS) is 25.0. The second-order valence-corrected chi connectivity index (χ2v) is 8.92. The maximum atomic E-state index is 11.8. The van der Waals surface area contributed by atoms with Crippen molar-refractivity contribution in [2.45, 2.75) is 31.7 Å². The summed E-state index contributed by atoms with van der Waals surface area (Å²) in [6.07, 6.45) is 2.35.